The minimum atomic E-state index is 0.723. The van der Waals surface area contributed by atoms with Crippen molar-refractivity contribution in [1.29, 1.82) is 0 Å². The minimum absolute atomic E-state index is 0.723. The summed E-state index contributed by atoms with van der Waals surface area (Å²) in [5.74, 6) is 0.723. The van der Waals surface area contributed by atoms with Crippen molar-refractivity contribution in [3.05, 3.63) is 6.92 Å². The Morgan fingerprint density at radius 1 is 0.591 bits per heavy atom. The summed E-state index contributed by atoms with van der Waals surface area (Å²) in [4.78, 5) is 0. The molecule has 0 heterocycles. The van der Waals surface area contributed by atoms with Crippen molar-refractivity contribution in [2.45, 2.75) is 117 Å². The van der Waals surface area contributed by atoms with Gasteiger partial charge in [0.15, 0.2) is 0 Å². The summed E-state index contributed by atoms with van der Waals surface area (Å²) < 4.78 is 0. The van der Waals surface area contributed by atoms with Gasteiger partial charge in [-0.05, 0) is 0 Å². The van der Waals surface area contributed by atoms with Gasteiger partial charge in [0.25, 0.3) is 0 Å². The fraction of sp³-hybridized carbons (Fsp3) is 0.950. The summed E-state index contributed by atoms with van der Waals surface area (Å²) >= 11 is 0.847. The molecule has 0 bridgehead atoms. The predicted molar refractivity (Wildman–Crippen MR) is 99.9 cm³/mol. The monoisotopic (exact) mass is 380 g/mol. The number of hydrogen-bond donors (Lipinski definition) is 0. The van der Waals surface area contributed by atoms with Crippen LogP contribution in [-0.2, 0) is 17.3 Å². The Bertz CT molecular complexity index is 173. The molecule has 0 aromatic carbocycles. The van der Waals surface area contributed by atoms with E-state index in [1.807, 2.05) is 0 Å². The van der Waals surface area contributed by atoms with E-state index >= 15 is 0 Å². The molecule has 0 spiro atoms. The van der Waals surface area contributed by atoms with E-state index in [0.29, 0.717) is 0 Å². The van der Waals surface area contributed by atoms with Gasteiger partial charge in [0.2, 0.25) is 0 Å². The van der Waals surface area contributed by atoms with Gasteiger partial charge in [-0.25, -0.2) is 0 Å². The topological polar surface area (TPSA) is 0 Å². The molecule has 0 aliphatic rings. The van der Waals surface area contributed by atoms with Crippen LogP contribution >= 0.6 is 9.69 Å². The average Bonchev–Trinajstić information content (AvgIpc) is 2.55. The molecule has 0 saturated heterocycles. The van der Waals surface area contributed by atoms with Crippen LogP contribution in [0.25, 0.3) is 0 Å². The van der Waals surface area contributed by atoms with Gasteiger partial charge >= 0.3 is 27.0 Å². The molecule has 1 atom stereocenters. The number of halogens is 1. The zero-order valence-electron chi connectivity index (χ0n) is 15.7. The maximum atomic E-state index is 4.76. The molecular formula is C20H41ClZn. The van der Waals surface area contributed by atoms with Crippen molar-refractivity contribution < 1.29 is 17.3 Å². The Hall–Kier alpha value is 0.913. The Morgan fingerprint density at radius 3 is 1.23 bits per heavy atom. The normalized spacial score (nSPS) is 11.9. The number of hydrogen-bond acceptors (Lipinski definition) is 0. The van der Waals surface area contributed by atoms with Gasteiger partial charge in [0, 0.05) is 0 Å². The van der Waals surface area contributed by atoms with Crippen molar-refractivity contribution in [3.63, 3.8) is 0 Å². The van der Waals surface area contributed by atoms with E-state index in [0.717, 1.165) is 23.2 Å². The van der Waals surface area contributed by atoms with Crippen molar-refractivity contribution in [2.24, 2.45) is 5.92 Å². The Morgan fingerprint density at radius 2 is 0.864 bits per heavy atom. The molecular weight excluding hydrogens is 341 g/mol. The first-order valence-electron chi connectivity index (χ1n) is 9.91. The molecule has 0 amide bonds. The van der Waals surface area contributed by atoms with E-state index in [9.17, 15) is 0 Å². The van der Waals surface area contributed by atoms with Crippen LogP contribution in [0.2, 0.25) is 0 Å². The Labute approximate surface area is 156 Å². The van der Waals surface area contributed by atoms with Crippen LogP contribution in [0.1, 0.15) is 117 Å². The first-order valence-corrected chi connectivity index (χ1v) is 13.8. The number of rotatable bonds is 16. The average molecular weight is 382 g/mol. The van der Waals surface area contributed by atoms with Gasteiger partial charge < -0.3 is 6.92 Å². The molecule has 0 N–H and O–H groups in total. The third-order valence-electron chi connectivity index (χ3n) is 4.43. The molecule has 22 heavy (non-hydrogen) atoms. The SMILES string of the molecule is [CH2-]C(CCCCCC)CCCCCCCCCCCC.[Cl][Zn+]. The van der Waals surface area contributed by atoms with Crippen LogP contribution in [0.3, 0.4) is 0 Å². The van der Waals surface area contributed by atoms with E-state index in [2.05, 4.69) is 20.8 Å². The fourth-order valence-corrected chi connectivity index (χ4v) is 2.92. The van der Waals surface area contributed by atoms with E-state index in [1.165, 1.54) is 103 Å². The molecule has 0 aromatic rings. The summed E-state index contributed by atoms with van der Waals surface area (Å²) in [6, 6.07) is 0. The van der Waals surface area contributed by atoms with Crippen LogP contribution < -0.4 is 0 Å². The molecule has 130 valence electrons. The Balaban J connectivity index is 0. The molecule has 0 fully saturated rings. The predicted octanol–water partition coefficient (Wildman–Crippen LogP) is 8.41. The first-order chi connectivity index (χ1) is 10.8. The summed E-state index contributed by atoms with van der Waals surface area (Å²) in [5, 5.41) is 0. The first kappa shape index (κ1) is 25.2. The zero-order chi connectivity index (χ0) is 16.9. The zero-order valence-corrected chi connectivity index (χ0v) is 19.4. The van der Waals surface area contributed by atoms with Crippen molar-refractivity contribution in [2.75, 3.05) is 0 Å². The quantitative estimate of drug-likeness (QED) is 0.143. The third-order valence-corrected chi connectivity index (χ3v) is 4.43. The van der Waals surface area contributed by atoms with Crippen LogP contribution in [0.15, 0.2) is 0 Å². The van der Waals surface area contributed by atoms with E-state index < -0.39 is 0 Å². The summed E-state index contributed by atoms with van der Waals surface area (Å²) in [5.41, 5.74) is 0. The van der Waals surface area contributed by atoms with Gasteiger partial charge in [0.1, 0.15) is 0 Å². The second-order valence-electron chi connectivity index (χ2n) is 6.69. The van der Waals surface area contributed by atoms with Gasteiger partial charge in [0.05, 0.1) is 0 Å². The molecule has 0 saturated carbocycles. The van der Waals surface area contributed by atoms with Crippen LogP contribution in [0.5, 0.6) is 0 Å². The molecule has 0 aliphatic heterocycles. The van der Waals surface area contributed by atoms with E-state index in [1.54, 1.807) is 0 Å². The number of unbranched alkanes of at least 4 members (excludes halogenated alkanes) is 12. The summed E-state index contributed by atoms with van der Waals surface area (Å²) in [6.45, 7) is 8.89. The molecule has 1 unspecified atom stereocenters. The van der Waals surface area contributed by atoms with Crippen LogP contribution in [0.4, 0.5) is 0 Å². The molecule has 2 heteroatoms. The maximum absolute atomic E-state index is 4.76. The molecule has 0 rings (SSSR count). The van der Waals surface area contributed by atoms with E-state index in [-0.39, 0.29) is 0 Å². The summed E-state index contributed by atoms with van der Waals surface area (Å²) in [6.07, 6.45) is 22.7. The van der Waals surface area contributed by atoms with Crippen LogP contribution in [-0.4, -0.2) is 0 Å². The van der Waals surface area contributed by atoms with Gasteiger partial charge in [-0.2, -0.15) is 5.92 Å². The Kier molecular flexibility index (Phi) is 27.6. The molecule has 0 aliphatic carbocycles. The fourth-order valence-electron chi connectivity index (χ4n) is 2.92. The van der Waals surface area contributed by atoms with Gasteiger partial charge in [-0.1, -0.05) is 117 Å². The van der Waals surface area contributed by atoms with Crippen molar-refractivity contribution in [1.82, 2.24) is 0 Å². The standard InChI is InChI=1S/C20H41.ClH.Zn/c1-4-6-8-10-11-12-13-14-15-17-19-20(3)18-16-9-7-5-2;;/h20H,3-19H2,1-2H3;1H;/q-1;;+2/p-1. The van der Waals surface area contributed by atoms with E-state index in [4.69, 9.17) is 9.69 Å². The summed E-state index contributed by atoms with van der Waals surface area (Å²) in [7, 11) is 4.76. The molecule has 0 radical (unpaired) electrons. The second kappa shape index (κ2) is 24.2. The molecule has 0 nitrogen and oxygen atoms in total. The van der Waals surface area contributed by atoms with Crippen molar-refractivity contribution in [3.8, 4) is 0 Å². The van der Waals surface area contributed by atoms with Crippen molar-refractivity contribution >= 4 is 9.69 Å². The molecule has 0 aromatic heterocycles. The van der Waals surface area contributed by atoms with Gasteiger partial charge in [-0.15, -0.1) is 0 Å². The second-order valence-corrected chi connectivity index (χ2v) is 6.69. The third kappa shape index (κ3) is 23.2. The van der Waals surface area contributed by atoms with Crippen LogP contribution in [0, 0.1) is 12.8 Å². The van der Waals surface area contributed by atoms with Gasteiger partial charge in [-0.3, -0.25) is 0 Å².